The molecule has 2 rings (SSSR count). The van der Waals surface area contributed by atoms with Gasteiger partial charge in [0.15, 0.2) is 0 Å². The first-order chi connectivity index (χ1) is 8.63. The Hall–Kier alpha value is -2.30. The Morgan fingerprint density at radius 1 is 1.11 bits per heavy atom. The van der Waals surface area contributed by atoms with Crippen LogP contribution in [0.3, 0.4) is 0 Å². The molecule has 0 atom stereocenters. The summed E-state index contributed by atoms with van der Waals surface area (Å²) in [5, 5.41) is 2.57. The van der Waals surface area contributed by atoms with Gasteiger partial charge in [0.25, 0.3) is 0 Å². The van der Waals surface area contributed by atoms with Gasteiger partial charge in [0.2, 0.25) is 11.9 Å². The standard InChI is InChI=1S/C13H10F2N2O/c14-10-3-1-9(2-4-10)7-13(18)17-11-5-6-12(15)16-8-11/h1-6,8H,7H2,(H,17,18). The Morgan fingerprint density at radius 3 is 2.44 bits per heavy atom. The van der Waals surface area contributed by atoms with E-state index in [1.54, 1.807) is 0 Å². The zero-order chi connectivity index (χ0) is 13.0. The van der Waals surface area contributed by atoms with Crippen LogP contribution in [0.1, 0.15) is 5.56 Å². The molecule has 0 aliphatic rings. The van der Waals surface area contributed by atoms with Gasteiger partial charge in [0, 0.05) is 0 Å². The average molecular weight is 248 g/mol. The summed E-state index contributed by atoms with van der Waals surface area (Å²) in [6.07, 6.45) is 1.36. The molecule has 1 heterocycles. The Balaban J connectivity index is 1.96. The molecule has 92 valence electrons. The smallest absolute Gasteiger partial charge is 0.228 e. The Morgan fingerprint density at radius 2 is 1.83 bits per heavy atom. The summed E-state index contributed by atoms with van der Waals surface area (Å²) in [6, 6.07) is 8.25. The monoisotopic (exact) mass is 248 g/mol. The number of aromatic nitrogens is 1. The number of hydrogen-bond acceptors (Lipinski definition) is 2. The van der Waals surface area contributed by atoms with Gasteiger partial charge < -0.3 is 5.32 Å². The molecule has 2 aromatic rings. The lowest BCUT2D eigenvalue weighted by molar-refractivity contribution is -0.115. The molecular weight excluding hydrogens is 238 g/mol. The summed E-state index contributed by atoms with van der Waals surface area (Å²) in [6.45, 7) is 0. The van der Waals surface area contributed by atoms with E-state index in [1.165, 1.54) is 36.5 Å². The van der Waals surface area contributed by atoms with Crippen molar-refractivity contribution in [1.29, 1.82) is 0 Å². The maximum atomic E-state index is 12.7. The van der Waals surface area contributed by atoms with Gasteiger partial charge in [0.1, 0.15) is 5.82 Å². The van der Waals surface area contributed by atoms with Gasteiger partial charge in [-0.05, 0) is 29.8 Å². The van der Waals surface area contributed by atoms with E-state index >= 15 is 0 Å². The number of amides is 1. The predicted molar refractivity (Wildman–Crippen MR) is 62.9 cm³/mol. The third-order valence-electron chi connectivity index (χ3n) is 2.29. The predicted octanol–water partition coefficient (Wildman–Crippen LogP) is 2.54. The highest BCUT2D eigenvalue weighted by Gasteiger charge is 2.04. The Bertz CT molecular complexity index is 488. The fraction of sp³-hybridized carbons (Fsp3) is 0.0769. The van der Waals surface area contributed by atoms with Crippen LogP contribution >= 0.6 is 0 Å². The lowest BCUT2D eigenvalue weighted by atomic mass is 10.1. The molecule has 0 bridgehead atoms. The molecule has 0 unspecified atom stereocenters. The van der Waals surface area contributed by atoms with Crippen LogP contribution in [0.4, 0.5) is 14.5 Å². The van der Waals surface area contributed by atoms with E-state index in [-0.39, 0.29) is 18.1 Å². The second-order valence-electron chi connectivity index (χ2n) is 3.72. The van der Waals surface area contributed by atoms with Gasteiger partial charge in [0.05, 0.1) is 18.3 Å². The zero-order valence-corrected chi connectivity index (χ0v) is 9.36. The molecule has 0 aliphatic carbocycles. The number of anilines is 1. The minimum absolute atomic E-state index is 0.123. The maximum absolute atomic E-state index is 12.7. The third-order valence-corrected chi connectivity index (χ3v) is 2.29. The molecule has 1 aromatic carbocycles. The minimum Gasteiger partial charge on any atom is -0.324 e. The number of hydrogen-bond donors (Lipinski definition) is 1. The van der Waals surface area contributed by atoms with E-state index in [1.807, 2.05) is 0 Å². The molecule has 1 amide bonds. The molecule has 0 fully saturated rings. The molecular formula is C13H10F2N2O. The first kappa shape index (κ1) is 12.2. The molecule has 0 saturated carbocycles. The van der Waals surface area contributed by atoms with E-state index < -0.39 is 5.95 Å². The topological polar surface area (TPSA) is 42.0 Å². The first-order valence-corrected chi connectivity index (χ1v) is 5.29. The van der Waals surface area contributed by atoms with Crippen LogP contribution in [-0.2, 0) is 11.2 Å². The molecule has 1 aromatic heterocycles. The molecule has 1 N–H and O–H groups in total. The number of benzene rings is 1. The molecule has 0 aliphatic heterocycles. The fourth-order valence-electron chi connectivity index (χ4n) is 1.44. The van der Waals surface area contributed by atoms with Crippen molar-refractivity contribution in [2.75, 3.05) is 5.32 Å². The molecule has 0 saturated heterocycles. The highest BCUT2D eigenvalue weighted by Crippen LogP contribution is 2.08. The molecule has 3 nitrogen and oxygen atoms in total. The van der Waals surface area contributed by atoms with Crippen LogP contribution in [0.25, 0.3) is 0 Å². The quantitative estimate of drug-likeness (QED) is 0.848. The van der Waals surface area contributed by atoms with Crippen molar-refractivity contribution in [2.45, 2.75) is 6.42 Å². The normalized spacial score (nSPS) is 10.1. The van der Waals surface area contributed by atoms with Gasteiger partial charge in [-0.2, -0.15) is 4.39 Å². The number of carbonyl (C=O) groups is 1. The summed E-state index contributed by atoms with van der Waals surface area (Å²) in [5.41, 5.74) is 1.12. The number of carbonyl (C=O) groups excluding carboxylic acids is 1. The molecule has 5 heteroatoms. The van der Waals surface area contributed by atoms with Crippen molar-refractivity contribution in [1.82, 2.24) is 4.98 Å². The molecule has 0 radical (unpaired) electrons. The first-order valence-electron chi connectivity index (χ1n) is 5.29. The lowest BCUT2D eigenvalue weighted by Crippen LogP contribution is -2.14. The number of nitrogens with one attached hydrogen (secondary N) is 1. The van der Waals surface area contributed by atoms with Crippen molar-refractivity contribution in [3.63, 3.8) is 0 Å². The highest BCUT2D eigenvalue weighted by molar-refractivity contribution is 5.92. The zero-order valence-electron chi connectivity index (χ0n) is 9.36. The minimum atomic E-state index is -0.605. The SMILES string of the molecule is O=C(Cc1ccc(F)cc1)Nc1ccc(F)nc1. The van der Waals surface area contributed by atoms with Crippen molar-refractivity contribution < 1.29 is 13.6 Å². The van der Waals surface area contributed by atoms with Crippen LogP contribution in [0, 0.1) is 11.8 Å². The van der Waals surface area contributed by atoms with Crippen molar-refractivity contribution >= 4 is 11.6 Å². The number of halogens is 2. The van der Waals surface area contributed by atoms with E-state index in [0.717, 1.165) is 6.07 Å². The molecule has 18 heavy (non-hydrogen) atoms. The van der Waals surface area contributed by atoms with Crippen LogP contribution in [0.15, 0.2) is 42.6 Å². The number of rotatable bonds is 3. The largest absolute Gasteiger partial charge is 0.324 e. The van der Waals surface area contributed by atoms with Gasteiger partial charge >= 0.3 is 0 Å². The maximum Gasteiger partial charge on any atom is 0.228 e. The summed E-state index contributed by atoms with van der Waals surface area (Å²) in [7, 11) is 0. The van der Waals surface area contributed by atoms with Crippen LogP contribution < -0.4 is 5.32 Å². The average Bonchev–Trinajstić information content (AvgIpc) is 2.35. The van der Waals surface area contributed by atoms with E-state index in [4.69, 9.17) is 0 Å². The van der Waals surface area contributed by atoms with E-state index in [9.17, 15) is 13.6 Å². The highest BCUT2D eigenvalue weighted by atomic mass is 19.1. The Kier molecular flexibility index (Phi) is 3.62. The lowest BCUT2D eigenvalue weighted by Gasteiger charge is -2.04. The fourth-order valence-corrected chi connectivity index (χ4v) is 1.44. The van der Waals surface area contributed by atoms with Crippen LogP contribution in [0.5, 0.6) is 0 Å². The van der Waals surface area contributed by atoms with Gasteiger partial charge in [-0.1, -0.05) is 12.1 Å². The number of nitrogens with zero attached hydrogens (tertiary/aromatic N) is 1. The van der Waals surface area contributed by atoms with Gasteiger partial charge in [-0.15, -0.1) is 0 Å². The van der Waals surface area contributed by atoms with Crippen molar-refractivity contribution in [3.05, 3.63) is 59.9 Å². The summed E-state index contributed by atoms with van der Waals surface area (Å²) in [4.78, 5) is 15.0. The van der Waals surface area contributed by atoms with Crippen molar-refractivity contribution in [2.24, 2.45) is 0 Å². The third kappa shape index (κ3) is 3.35. The second-order valence-corrected chi connectivity index (χ2v) is 3.72. The van der Waals surface area contributed by atoms with Crippen LogP contribution in [-0.4, -0.2) is 10.9 Å². The van der Waals surface area contributed by atoms with E-state index in [2.05, 4.69) is 10.3 Å². The van der Waals surface area contributed by atoms with Gasteiger partial charge in [-0.25, -0.2) is 9.37 Å². The summed E-state index contributed by atoms with van der Waals surface area (Å²) >= 11 is 0. The summed E-state index contributed by atoms with van der Waals surface area (Å²) in [5.74, 6) is -1.22. The Labute approximate surface area is 102 Å². The van der Waals surface area contributed by atoms with Crippen LogP contribution in [0.2, 0.25) is 0 Å². The van der Waals surface area contributed by atoms with Crippen molar-refractivity contribution in [3.8, 4) is 0 Å². The van der Waals surface area contributed by atoms with E-state index in [0.29, 0.717) is 11.3 Å². The molecule has 0 spiro atoms. The summed E-state index contributed by atoms with van der Waals surface area (Å²) < 4.78 is 25.2. The van der Waals surface area contributed by atoms with Gasteiger partial charge in [-0.3, -0.25) is 4.79 Å². The second kappa shape index (κ2) is 5.35. The number of pyridine rings is 1.